The Labute approximate surface area is 150 Å². The van der Waals surface area contributed by atoms with E-state index in [1.54, 1.807) is 6.07 Å². The van der Waals surface area contributed by atoms with Crippen LogP contribution in [0.5, 0.6) is 5.75 Å². The minimum Gasteiger partial charge on any atom is -0.483 e. The molecule has 3 aromatic carbocycles. The van der Waals surface area contributed by atoms with Crippen molar-refractivity contribution in [1.82, 2.24) is 0 Å². The quantitative estimate of drug-likeness (QED) is 0.705. The van der Waals surface area contributed by atoms with Crippen LogP contribution in [0.3, 0.4) is 0 Å². The smallest absolute Gasteiger partial charge is 0.262 e. The van der Waals surface area contributed by atoms with Gasteiger partial charge in [0.25, 0.3) is 5.91 Å². The van der Waals surface area contributed by atoms with Crippen molar-refractivity contribution in [3.8, 4) is 5.75 Å². The molecule has 0 aromatic heterocycles. The van der Waals surface area contributed by atoms with Crippen LogP contribution in [-0.4, -0.2) is 12.5 Å². The topological polar surface area (TPSA) is 38.3 Å². The number of benzene rings is 3. The summed E-state index contributed by atoms with van der Waals surface area (Å²) < 4.78 is 32.3. The lowest BCUT2D eigenvalue weighted by Crippen LogP contribution is -2.21. The number of para-hydroxylation sites is 1. The van der Waals surface area contributed by atoms with Gasteiger partial charge in [0.15, 0.2) is 6.61 Å². The van der Waals surface area contributed by atoms with E-state index in [4.69, 9.17) is 4.74 Å². The summed E-state index contributed by atoms with van der Waals surface area (Å²) in [7, 11) is 0. The average molecular weight is 353 g/mol. The standard InChI is InChI=1S/C21H17F2NO2/c22-17-10-11-18(23)19(13-17)24-21(25)14-26-20-9-5-4-8-16(20)12-15-6-2-1-3-7-15/h1-11,13H,12,14H2,(H,24,25). The molecule has 1 amide bonds. The fourth-order valence-corrected chi connectivity index (χ4v) is 2.53. The SMILES string of the molecule is O=C(COc1ccccc1Cc1ccccc1)Nc1cc(F)ccc1F. The van der Waals surface area contributed by atoms with E-state index in [0.717, 1.165) is 29.3 Å². The number of rotatable bonds is 6. The van der Waals surface area contributed by atoms with E-state index in [9.17, 15) is 13.6 Å². The van der Waals surface area contributed by atoms with Crippen molar-refractivity contribution >= 4 is 11.6 Å². The van der Waals surface area contributed by atoms with Crippen molar-refractivity contribution < 1.29 is 18.3 Å². The molecule has 0 spiro atoms. The van der Waals surface area contributed by atoms with Gasteiger partial charge < -0.3 is 10.1 Å². The van der Waals surface area contributed by atoms with Crippen LogP contribution in [-0.2, 0) is 11.2 Å². The van der Waals surface area contributed by atoms with E-state index in [0.29, 0.717) is 12.2 Å². The van der Waals surface area contributed by atoms with E-state index in [1.165, 1.54) is 0 Å². The molecular weight excluding hydrogens is 336 g/mol. The predicted molar refractivity (Wildman–Crippen MR) is 96.2 cm³/mol. The third-order valence-electron chi connectivity index (χ3n) is 3.77. The van der Waals surface area contributed by atoms with Crippen molar-refractivity contribution in [2.45, 2.75) is 6.42 Å². The lowest BCUT2D eigenvalue weighted by atomic mass is 10.0. The highest BCUT2D eigenvalue weighted by Gasteiger charge is 2.10. The van der Waals surface area contributed by atoms with Gasteiger partial charge >= 0.3 is 0 Å². The van der Waals surface area contributed by atoms with E-state index < -0.39 is 17.5 Å². The molecule has 0 bridgehead atoms. The van der Waals surface area contributed by atoms with Gasteiger partial charge in [-0.3, -0.25) is 4.79 Å². The van der Waals surface area contributed by atoms with E-state index in [2.05, 4.69) is 5.32 Å². The van der Waals surface area contributed by atoms with Crippen LogP contribution < -0.4 is 10.1 Å². The number of ether oxygens (including phenoxy) is 1. The van der Waals surface area contributed by atoms with E-state index in [-0.39, 0.29) is 12.3 Å². The van der Waals surface area contributed by atoms with Gasteiger partial charge in [0.2, 0.25) is 0 Å². The van der Waals surface area contributed by atoms with Gasteiger partial charge in [-0.2, -0.15) is 0 Å². The molecule has 0 aliphatic rings. The Kier molecular flexibility index (Phi) is 5.59. The maximum atomic E-state index is 13.6. The molecule has 1 N–H and O–H groups in total. The number of anilines is 1. The normalized spacial score (nSPS) is 10.4. The molecule has 0 fully saturated rings. The summed E-state index contributed by atoms with van der Waals surface area (Å²) in [6, 6.07) is 20.2. The Bertz CT molecular complexity index is 898. The number of nitrogens with one attached hydrogen (secondary N) is 1. The first-order valence-corrected chi connectivity index (χ1v) is 8.11. The van der Waals surface area contributed by atoms with Crippen molar-refractivity contribution in [2.24, 2.45) is 0 Å². The molecule has 132 valence electrons. The molecule has 0 unspecified atom stereocenters. The molecule has 3 nitrogen and oxygen atoms in total. The van der Waals surface area contributed by atoms with Crippen LogP contribution >= 0.6 is 0 Å². The molecule has 26 heavy (non-hydrogen) atoms. The lowest BCUT2D eigenvalue weighted by Gasteiger charge is -2.12. The molecule has 5 heteroatoms. The molecule has 0 atom stereocenters. The van der Waals surface area contributed by atoms with Crippen molar-refractivity contribution in [2.75, 3.05) is 11.9 Å². The Hall–Kier alpha value is -3.21. The van der Waals surface area contributed by atoms with Gasteiger partial charge in [0.05, 0.1) is 5.69 Å². The maximum absolute atomic E-state index is 13.6. The fourth-order valence-electron chi connectivity index (χ4n) is 2.53. The third kappa shape index (κ3) is 4.66. The average Bonchev–Trinajstić information content (AvgIpc) is 2.65. The highest BCUT2D eigenvalue weighted by atomic mass is 19.1. The first-order valence-electron chi connectivity index (χ1n) is 8.11. The lowest BCUT2D eigenvalue weighted by molar-refractivity contribution is -0.118. The summed E-state index contributed by atoms with van der Waals surface area (Å²) in [6.45, 7) is -0.304. The number of halogens is 2. The Balaban J connectivity index is 1.64. The summed E-state index contributed by atoms with van der Waals surface area (Å²) >= 11 is 0. The Morgan fingerprint density at radius 1 is 0.923 bits per heavy atom. The summed E-state index contributed by atoms with van der Waals surface area (Å²) in [5, 5.41) is 2.31. The Morgan fingerprint density at radius 3 is 2.46 bits per heavy atom. The number of amides is 1. The van der Waals surface area contributed by atoms with Crippen LogP contribution in [0.15, 0.2) is 72.8 Å². The molecule has 0 aliphatic heterocycles. The number of hydrogen-bond acceptors (Lipinski definition) is 2. The molecule has 3 rings (SSSR count). The van der Waals surface area contributed by atoms with Crippen molar-refractivity contribution in [3.05, 3.63) is 95.6 Å². The molecule has 0 heterocycles. The zero-order valence-corrected chi connectivity index (χ0v) is 13.9. The first-order chi connectivity index (χ1) is 12.6. The summed E-state index contributed by atoms with van der Waals surface area (Å²) in [6.07, 6.45) is 0.664. The number of carbonyl (C=O) groups excluding carboxylic acids is 1. The molecule has 3 aromatic rings. The molecule has 0 saturated carbocycles. The zero-order chi connectivity index (χ0) is 18.4. The summed E-state index contributed by atoms with van der Waals surface area (Å²) in [5.41, 5.74) is 1.84. The van der Waals surface area contributed by atoms with E-state index >= 15 is 0 Å². The number of hydrogen-bond donors (Lipinski definition) is 1. The minimum absolute atomic E-state index is 0.212. The summed E-state index contributed by atoms with van der Waals surface area (Å²) in [5.74, 6) is -1.32. The molecule has 0 saturated heterocycles. The second-order valence-electron chi connectivity index (χ2n) is 5.73. The Morgan fingerprint density at radius 2 is 1.65 bits per heavy atom. The second kappa shape index (κ2) is 8.25. The highest BCUT2D eigenvalue weighted by Crippen LogP contribution is 2.21. The van der Waals surface area contributed by atoms with Gasteiger partial charge in [0.1, 0.15) is 17.4 Å². The molecular formula is C21H17F2NO2. The van der Waals surface area contributed by atoms with Gasteiger partial charge in [0, 0.05) is 12.5 Å². The van der Waals surface area contributed by atoms with Gasteiger partial charge in [-0.1, -0.05) is 48.5 Å². The van der Waals surface area contributed by atoms with Crippen LogP contribution in [0.4, 0.5) is 14.5 Å². The monoisotopic (exact) mass is 353 g/mol. The van der Waals surface area contributed by atoms with E-state index in [1.807, 2.05) is 48.5 Å². The highest BCUT2D eigenvalue weighted by molar-refractivity contribution is 5.92. The van der Waals surface area contributed by atoms with Crippen molar-refractivity contribution in [1.29, 1.82) is 0 Å². The van der Waals surface area contributed by atoms with Crippen LogP contribution in [0, 0.1) is 11.6 Å². The zero-order valence-electron chi connectivity index (χ0n) is 13.9. The maximum Gasteiger partial charge on any atom is 0.262 e. The second-order valence-corrected chi connectivity index (χ2v) is 5.73. The third-order valence-corrected chi connectivity index (χ3v) is 3.77. The van der Waals surface area contributed by atoms with Crippen LogP contribution in [0.2, 0.25) is 0 Å². The number of carbonyl (C=O) groups is 1. The van der Waals surface area contributed by atoms with Crippen LogP contribution in [0.1, 0.15) is 11.1 Å². The van der Waals surface area contributed by atoms with Gasteiger partial charge in [-0.05, 0) is 29.3 Å². The van der Waals surface area contributed by atoms with Gasteiger partial charge in [-0.15, -0.1) is 0 Å². The first kappa shape index (κ1) is 17.6. The fraction of sp³-hybridized carbons (Fsp3) is 0.0952. The summed E-state index contributed by atoms with van der Waals surface area (Å²) in [4.78, 5) is 12.0. The molecule has 0 radical (unpaired) electrons. The van der Waals surface area contributed by atoms with Crippen molar-refractivity contribution in [3.63, 3.8) is 0 Å². The molecule has 0 aliphatic carbocycles. The largest absolute Gasteiger partial charge is 0.483 e. The van der Waals surface area contributed by atoms with Gasteiger partial charge in [-0.25, -0.2) is 8.78 Å². The minimum atomic E-state index is -0.704. The van der Waals surface area contributed by atoms with Crippen LogP contribution in [0.25, 0.3) is 0 Å². The predicted octanol–water partition coefficient (Wildman–Crippen LogP) is 4.57.